The average molecular weight is 217 g/mol. The Labute approximate surface area is 97.3 Å². The van der Waals surface area contributed by atoms with Gasteiger partial charge in [0.2, 0.25) is 5.91 Å². The van der Waals surface area contributed by atoms with Crippen molar-refractivity contribution in [2.45, 2.75) is 40.8 Å². The second-order valence-corrected chi connectivity index (χ2v) is 5.62. The van der Waals surface area contributed by atoms with Crippen LogP contribution in [-0.4, -0.2) is 10.8 Å². The van der Waals surface area contributed by atoms with E-state index in [-0.39, 0.29) is 11.3 Å². The maximum Gasteiger partial charge on any atom is 0.228 e. The Morgan fingerprint density at radius 2 is 1.94 bits per heavy atom. The second kappa shape index (κ2) is 3.62. The Hall–Kier alpha value is -1.31. The van der Waals surface area contributed by atoms with Gasteiger partial charge in [-0.2, -0.15) is 0 Å². The van der Waals surface area contributed by atoms with E-state index < -0.39 is 0 Å². The van der Waals surface area contributed by atoms with Crippen molar-refractivity contribution in [2.75, 3.05) is 0 Å². The zero-order valence-electron chi connectivity index (χ0n) is 10.5. The molecule has 1 heterocycles. The predicted molar refractivity (Wildman–Crippen MR) is 64.9 cm³/mol. The Kier molecular flexibility index (Phi) is 2.53. The minimum Gasteiger partial charge on any atom is -0.334 e. The molecule has 2 heteroatoms. The van der Waals surface area contributed by atoms with Crippen molar-refractivity contribution in [2.24, 2.45) is 5.41 Å². The van der Waals surface area contributed by atoms with E-state index in [0.717, 1.165) is 13.1 Å². The Bertz CT molecular complexity index is 429. The lowest BCUT2D eigenvalue weighted by Gasteiger charge is -2.25. The summed E-state index contributed by atoms with van der Waals surface area (Å²) >= 11 is 0. The zero-order chi connectivity index (χ0) is 11.9. The van der Waals surface area contributed by atoms with Crippen molar-refractivity contribution in [3.63, 3.8) is 0 Å². The van der Waals surface area contributed by atoms with Gasteiger partial charge in [0.1, 0.15) is 0 Å². The average Bonchev–Trinajstić information content (AvgIpc) is 2.60. The molecule has 0 spiro atoms. The molecule has 2 rings (SSSR count). The van der Waals surface area contributed by atoms with Crippen LogP contribution in [0.4, 0.5) is 0 Å². The summed E-state index contributed by atoms with van der Waals surface area (Å²) in [6, 6.07) is 6.31. The Morgan fingerprint density at radius 3 is 2.50 bits per heavy atom. The van der Waals surface area contributed by atoms with E-state index in [9.17, 15) is 4.79 Å². The standard InChI is InChI=1S/C14H19NO/c1-10-6-5-7-11-8-15(9-12(10)11)13(16)14(2,3)4/h5-7H,8-9H2,1-4H3. The van der Waals surface area contributed by atoms with Gasteiger partial charge in [0.15, 0.2) is 0 Å². The summed E-state index contributed by atoms with van der Waals surface area (Å²) in [6.45, 7) is 9.59. The first kappa shape index (κ1) is 11.2. The van der Waals surface area contributed by atoms with Crippen molar-refractivity contribution in [3.05, 3.63) is 34.9 Å². The number of nitrogens with zero attached hydrogens (tertiary/aromatic N) is 1. The van der Waals surface area contributed by atoms with Crippen molar-refractivity contribution in [1.82, 2.24) is 4.90 Å². The van der Waals surface area contributed by atoms with Crippen LogP contribution in [0.1, 0.15) is 37.5 Å². The summed E-state index contributed by atoms with van der Waals surface area (Å²) in [4.78, 5) is 14.1. The van der Waals surface area contributed by atoms with Crippen LogP contribution in [0.2, 0.25) is 0 Å². The highest BCUT2D eigenvalue weighted by Crippen LogP contribution is 2.29. The summed E-state index contributed by atoms with van der Waals surface area (Å²) in [5.74, 6) is 0.239. The largest absolute Gasteiger partial charge is 0.334 e. The number of rotatable bonds is 0. The van der Waals surface area contributed by atoms with Gasteiger partial charge < -0.3 is 4.90 Å². The highest BCUT2D eigenvalue weighted by molar-refractivity contribution is 5.82. The number of carbonyl (C=O) groups is 1. The van der Waals surface area contributed by atoms with Gasteiger partial charge in [-0.1, -0.05) is 39.0 Å². The van der Waals surface area contributed by atoms with E-state index in [0.29, 0.717) is 0 Å². The van der Waals surface area contributed by atoms with Crippen LogP contribution in [-0.2, 0) is 17.9 Å². The van der Waals surface area contributed by atoms with E-state index in [1.54, 1.807) is 0 Å². The monoisotopic (exact) mass is 217 g/mol. The highest BCUT2D eigenvalue weighted by Gasteiger charge is 2.31. The first-order valence-electron chi connectivity index (χ1n) is 5.76. The smallest absolute Gasteiger partial charge is 0.228 e. The van der Waals surface area contributed by atoms with Gasteiger partial charge in [0.25, 0.3) is 0 Å². The lowest BCUT2D eigenvalue weighted by Crippen LogP contribution is -2.35. The molecule has 0 atom stereocenters. The Morgan fingerprint density at radius 1 is 1.25 bits per heavy atom. The molecule has 1 amide bonds. The minimum atomic E-state index is -0.282. The molecule has 0 bridgehead atoms. The fourth-order valence-corrected chi connectivity index (χ4v) is 2.21. The van der Waals surface area contributed by atoms with Crippen LogP contribution in [0.5, 0.6) is 0 Å². The van der Waals surface area contributed by atoms with Gasteiger partial charge >= 0.3 is 0 Å². The van der Waals surface area contributed by atoms with Gasteiger partial charge in [-0.25, -0.2) is 0 Å². The van der Waals surface area contributed by atoms with Crippen LogP contribution < -0.4 is 0 Å². The molecule has 0 saturated carbocycles. The first-order valence-corrected chi connectivity index (χ1v) is 5.76. The maximum atomic E-state index is 12.2. The SMILES string of the molecule is Cc1cccc2c1CN(C(=O)C(C)(C)C)C2. The van der Waals surface area contributed by atoms with E-state index >= 15 is 0 Å². The molecule has 86 valence electrons. The molecule has 0 aliphatic carbocycles. The van der Waals surface area contributed by atoms with E-state index in [2.05, 4.69) is 25.1 Å². The topological polar surface area (TPSA) is 20.3 Å². The lowest BCUT2D eigenvalue weighted by molar-refractivity contribution is -0.140. The van der Waals surface area contributed by atoms with Gasteiger partial charge in [-0.05, 0) is 23.6 Å². The van der Waals surface area contributed by atoms with Crippen LogP contribution in [0, 0.1) is 12.3 Å². The summed E-state index contributed by atoms with van der Waals surface area (Å²) in [5, 5.41) is 0. The van der Waals surface area contributed by atoms with Crippen LogP contribution in [0.15, 0.2) is 18.2 Å². The summed E-state index contributed by atoms with van der Waals surface area (Å²) in [7, 11) is 0. The van der Waals surface area contributed by atoms with E-state index in [1.165, 1.54) is 16.7 Å². The second-order valence-electron chi connectivity index (χ2n) is 5.62. The van der Waals surface area contributed by atoms with Crippen molar-refractivity contribution in [1.29, 1.82) is 0 Å². The number of hydrogen-bond donors (Lipinski definition) is 0. The number of aryl methyl sites for hydroxylation is 1. The lowest BCUT2D eigenvalue weighted by atomic mass is 9.95. The molecule has 0 aromatic heterocycles. The van der Waals surface area contributed by atoms with E-state index in [1.807, 2.05) is 25.7 Å². The molecule has 1 aliphatic heterocycles. The fourth-order valence-electron chi connectivity index (χ4n) is 2.21. The van der Waals surface area contributed by atoms with Crippen molar-refractivity contribution in [3.8, 4) is 0 Å². The van der Waals surface area contributed by atoms with Gasteiger partial charge in [0, 0.05) is 18.5 Å². The molecule has 2 nitrogen and oxygen atoms in total. The maximum absolute atomic E-state index is 12.2. The summed E-state index contributed by atoms with van der Waals surface area (Å²) < 4.78 is 0. The zero-order valence-corrected chi connectivity index (χ0v) is 10.5. The molecule has 1 aromatic carbocycles. The normalized spacial score (nSPS) is 15.1. The van der Waals surface area contributed by atoms with Crippen LogP contribution in [0.25, 0.3) is 0 Å². The molecule has 0 N–H and O–H groups in total. The fraction of sp³-hybridized carbons (Fsp3) is 0.500. The van der Waals surface area contributed by atoms with Crippen molar-refractivity contribution < 1.29 is 4.79 Å². The Balaban J connectivity index is 2.24. The molecule has 0 saturated heterocycles. The molecular formula is C14H19NO. The molecule has 0 fully saturated rings. The third-order valence-corrected chi connectivity index (χ3v) is 3.15. The first-order chi connectivity index (χ1) is 7.39. The summed E-state index contributed by atoms with van der Waals surface area (Å²) in [6.07, 6.45) is 0. The molecule has 1 aliphatic rings. The molecule has 16 heavy (non-hydrogen) atoms. The number of benzene rings is 1. The molecule has 0 radical (unpaired) electrons. The third-order valence-electron chi connectivity index (χ3n) is 3.15. The third kappa shape index (κ3) is 1.84. The molecular weight excluding hydrogens is 198 g/mol. The number of hydrogen-bond acceptors (Lipinski definition) is 1. The number of fused-ring (bicyclic) bond motifs is 1. The predicted octanol–water partition coefficient (Wildman–Crippen LogP) is 2.88. The minimum absolute atomic E-state index is 0.239. The van der Waals surface area contributed by atoms with Crippen LogP contribution >= 0.6 is 0 Å². The van der Waals surface area contributed by atoms with Gasteiger partial charge in [0.05, 0.1) is 0 Å². The number of amides is 1. The molecule has 0 unspecified atom stereocenters. The van der Waals surface area contributed by atoms with Gasteiger partial charge in [-0.15, -0.1) is 0 Å². The van der Waals surface area contributed by atoms with Gasteiger partial charge in [-0.3, -0.25) is 4.79 Å². The number of carbonyl (C=O) groups excluding carboxylic acids is 1. The van der Waals surface area contributed by atoms with E-state index in [4.69, 9.17) is 0 Å². The quantitative estimate of drug-likeness (QED) is 0.654. The van der Waals surface area contributed by atoms with Crippen molar-refractivity contribution >= 4 is 5.91 Å². The summed E-state index contributed by atoms with van der Waals surface area (Å²) in [5.41, 5.74) is 3.65. The highest BCUT2D eigenvalue weighted by atomic mass is 16.2. The van der Waals surface area contributed by atoms with Crippen LogP contribution in [0.3, 0.4) is 0 Å². The molecule has 1 aromatic rings.